The van der Waals surface area contributed by atoms with E-state index in [4.69, 9.17) is 16.3 Å². The molecule has 0 aliphatic carbocycles. The molecule has 0 aromatic carbocycles. The third-order valence-corrected chi connectivity index (χ3v) is 5.87. The first-order chi connectivity index (χ1) is 10.2. The summed E-state index contributed by atoms with van der Waals surface area (Å²) in [6, 6.07) is 2.28. The maximum atomic E-state index is 6.26. The summed E-state index contributed by atoms with van der Waals surface area (Å²) in [5, 5.41) is 11.8. The average Bonchev–Trinajstić information content (AvgIpc) is 3.06. The minimum atomic E-state index is -0.209. The number of halogens is 1. The first-order valence-corrected chi connectivity index (χ1v) is 8.38. The molecule has 0 bridgehead atoms. The number of fused-ring (bicyclic) bond motifs is 2. The molecule has 4 rings (SSSR count). The molecule has 1 fully saturated rings. The highest BCUT2D eigenvalue weighted by Gasteiger charge is 2.44. The standard InChI is InChI=1S/C14H17ClN4OS/c1-19-8-11(17-18-19)10-7-14(3-4-16-10)13-9(2-5-20-14)6-12(15)21-13/h6,8,10,16H,2-5,7H2,1H3. The van der Waals surface area contributed by atoms with Gasteiger partial charge in [-0.05, 0) is 31.0 Å². The number of aromatic nitrogens is 3. The van der Waals surface area contributed by atoms with Gasteiger partial charge in [-0.25, -0.2) is 0 Å². The Morgan fingerprint density at radius 3 is 3.29 bits per heavy atom. The van der Waals surface area contributed by atoms with Crippen LogP contribution in [0.2, 0.25) is 4.34 Å². The van der Waals surface area contributed by atoms with E-state index in [-0.39, 0.29) is 11.6 Å². The zero-order valence-electron chi connectivity index (χ0n) is 11.8. The molecule has 4 heterocycles. The van der Waals surface area contributed by atoms with Crippen LogP contribution >= 0.6 is 22.9 Å². The predicted octanol–water partition coefficient (Wildman–Crippen LogP) is 2.42. The van der Waals surface area contributed by atoms with Gasteiger partial charge in [-0.15, -0.1) is 16.4 Å². The maximum Gasteiger partial charge on any atom is 0.106 e. The quantitative estimate of drug-likeness (QED) is 0.875. The van der Waals surface area contributed by atoms with Gasteiger partial charge in [-0.3, -0.25) is 4.68 Å². The Balaban J connectivity index is 1.69. The van der Waals surface area contributed by atoms with Gasteiger partial charge in [0.15, 0.2) is 0 Å². The summed E-state index contributed by atoms with van der Waals surface area (Å²) in [7, 11) is 1.89. The number of nitrogens with zero attached hydrogens (tertiary/aromatic N) is 3. The fourth-order valence-electron chi connectivity index (χ4n) is 3.41. The van der Waals surface area contributed by atoms with Crippen LogP contribution in [0, 0.1) is 0 Å². The minimum Gasteiger partial charge on any atom is -0.369 e. The lowest BCUT2D eigenvalue weighted by Crippen LogP contribution is -2.45. The molecule has 1 spiro atoms. The van der Waals surface area contributed by atoms with Crippen molar-refractivity contribution in [3.8, 4) is 0 Å². The highest BCUT2D eigenvalue weighted by molar-refractivity contribution is 7.16. The molecule has 2 unspecified atom stereocenters. The van der Waals surface area contributed by atoms with Crippen molar-refractivity contribution in [1.29, 1.82) is 0 Å². The number of aryl methyl sites for hydroxylation is 1. The van der Waals surface area contributed by atoms with Crippen LogP contribution in [-0.4, -0.2) is 28.1 Å². The van der Waals surface area contributed by atoms with Crippen LogP contribution in [0.5, 0.6) is 0 Å². The molecule has 7 heteroatoms. The first-order valence-electron chi connectivity index (χ1n) is 7.18. The Hall–Kier alpha value is -0.950. The van der Waals surface area contributed by atoms with Crippen molar-refractivity contribution in [1.82, 2.24) is 20.3 Å². The van der Waals surface area contributed by atoms with Crippen molar-refractivity contribution in [3.05, 3.63) is 32.7 Å². The third-order valence-electron chi connectivity index (χ3n) is 4.37. The van der Waals surface area contributed by atoms with Crippen molar-refractivity contribution in [2.24, 2.45) is 7.05 Å². The molecular weight excluding hydrogens is 308 g/mol. The second-order valence-corrected chi connectivity index (χ2v) is 7.46. The average molecular weight is 325 g/mol. The number of thiophene rings is 1. The predicted molar refractivity (Wildman–Crippen MR) is 81.6 cm³/mol. The number of ether oxygens (including phenoxy) is 1. The highest BCUT2D eigenvalue weighted by Crippen LogP contribution is 2.48. The zero-order valence-corrected chi connectivity index (χ0v) is 13.4. The zero-order chi connectivity index (χ0) is 14.4. The van der Waals surface area contributed by atoms with E-state index in [0.717, 1.165) is 42.4 Å². The highest BCUT2D eigenvalue weighted by atomic mass is 35.5. The van der Waals surface area contributed by atoms with Gasteiger partial charge < -0.3 is 10.1 Å². The lowest BCUT2D eigenvalue weighted by Gasteiger charge is -2.43. The molecular formula is C14H17ClN4OS. The van der Waals surface area contributed by atoms with E-state index in [2.05, 4.69) is 21.7 Å². The Morgan fingerprint density at radius 1 is 1.57 bits per heavy atom. The van der Waals surface area contributed by atoms with Crippen LogP contribution in [0.15, 0.2) is 12.3 Å². The van der Waals surface area contributed by atoms with Crippen LogP contribution in [0.4, 0.5) is 0 Å². The van der Waals surface area contributed by atoms with Gasteiger partial charge in [0.1, 0.15) is 5.60 Å². The smallest absolute Gasteiger partial charge is 0.106 e. The molecule has 1 N–H and O–H groups in total. The van der Waals surface area contributed by atoms with Crippen LogP contribution < -0.4 is 5.32 Å². The summed E-state index contributed by atoms with van der Waals surface area (Å²) < 4.78 is 8.87. The Morgan fingerprint density at radius 2 is 2.48 bits per heavy atom. The Labute approximate surface area is 132 Å². The van der Waals surface area contributed by atoms with Crippen molar-refractivity contribution in [2.75, 3.05) is 13.2 Å². The SMILES string of the molecule is Cn1cc(C2CC3(CCN2)OCCc2cc(Cl)sc23)nn1. The molecule has 2 atom stereocenters. The van der Waals surface area contributed by atoms with Gasteiger partial charge in [0.05, 0.1) is 22.7 Å². The van der Waals surface area contributed by atoms with E-state index in [9.17, 15) is 0 Å². The van der Waals surface area contributed by atoms with Gasteiger partial charge >= 0.3 is 0 Å². The number of hydrogen-bond donors (Lipinski definition) is 1. The van der Waals surface area contributed by atoms with E-state index < -0.39 is 0 Å². The summed E-state index contributed by atoms with van der Waals surface area (Å²) >= 11 is 7.90. The molecule has 1 saturated heterocycles. The molecule has 0 amide bonds. The van der Waals surface area contributed by atoms with Crippen molar-refractivity contribution >= 4 is 22.9 Å². The lowest BCUT2D eigenvalue weighted by atomic mass is 9.82. The van der Waals surface area contributed by atoms with Crippen molar-refractivity contribution in [3.63, 3.8) is 0 Å². The van der Waals surface area contributed by atoms with Crippen molar-refractivity contribution < 1.29 is 4.74 Å². The molecule has 2 aliphatic rings. The number of rotatable bonds is 1. The summed E-state index contributed by atoms with van der Waals surface area (Å²) in [6.45, 7) is 1.68. The number of hydrogen-bond acceptors (Lipinski definition) is 5. The van der Waals surface area contributed by atoms with Crippen LogP contribution in [0.1, 0.15) is 35.0 Å². The van der Waals surface area contributed by atoms with Gasteiger partial charge in [0.2, 0.25) is 0 Å². The molecule has 2 aromatic heterocycles. The van der Waals surface area contributed by atoms with E-state index in [1.807, 2.05) is 13.2 Å². The monoisotopic (exact) mass is 324 g/mol. The van der Waals surface area contributed by atoms with Gasteiger partial charge in [0, 0.05) is 24.5 Å². The topological polar surface area (TPSA) is 52.0 Å². The van der Waals surface area contributed by atoms with E-state index in [0.29, 0.717) is 0 Å². The largest absolute Gasteiger partial charge is 0.369 e. The summed E-state index contributed by atoms with van der Waals surface area (Å²) in [6.07, 6.45) is 4.80. The molecule has 2 aromatic rings. The molecule has 2 aliphatic heterocycles. The minimum absolute atomic E-state index is 0.180. The fraction of sp³-hybridized carbons (Fsp3) is 0.571. The molecule has 0 radical (unpaired) electrons. The first kappa shape index (κ1) is 13.7. The molecule has 21 heavy (non-hydrogen) atoms. The second kappa shape index (κ2) is 5.05. The summed E-state index contributed by atoms with van der Waals surface area (Å²) in [5.41, 5.74) is 2.13. The molecule has 112 valence electrons. The third kappa shape index (κ3) is 2.30. The van der Waals surface area contributed by atoms with Crippen LogP contribution in [0.25, 0.3) is 0 Å². The molecule has 5 nitrogen and oxygen atoms in total. The number of piperidine rings is 1. The van der Waals surface area contributed by atoms with E-state index in [1.54, 1.807) is 16.0 Å². The fourth-order valence-corrected chi connectivity index (χ4v) is 4.89. The molecule has 0 saturated carbocycles. The van der Waals surface area contributed by atoms with Crippen molar-refractivity contribution in [2.45, 2.75) is 30.9 Å². The Kier molecular flexibility index (Phi) is 3.29. The second-order valence-electron chi connectivity index (χ2n) is 5.78. The summed E-state index contributed by atoms with van der Waals surface area (Å²) in [5.74, 6) is 0. The summed E-state index contributed by atoms with van der Waals surface area (Å²) in [4.78, 5) is 1.31. The van der Waals surface area contributed by atoms with Crippen LogP contribution in [-0.2, 0) is 23.8 Å². The van der Waals surface area contributed by atoms with Crippen LogP contribution in [0.3, 0.4) is 0 Å². The lowest BCUT2D eigenvalue weighted by molar-refractivity contribution is -0.0871. The number of nitrogens with one attached hydrogen (secondary N) is 1. The maximum absolute atomic E-state index is 6.26. The van der Waals surface area contributed by atoms with Gasteiger partial charge in [0.25, 0.3) is 0 Å². The van der Waals surface area contributed by atoms with E-state index in [1.165, 1.54) is 10.4 Å². The van der Waals surface area contributed by atoms with Gasteiger partial charge in [-0.1, -0.05) is 16.8 Å². The normalized spacial score (nSPS) is 28.8. The van der Waals surface area contributed by atoms with E-state index >= 15 is 0 Å². The Bertz CT molecular complexity index is 670. The van der Waals surface area contributed by atoms with Gasteiger partial charge in [-0.2, -0.15) is 0 Å².